The molecule has 4 aromatic rings. The fraction of sp³-hybridized carbons (Fsp3) is 0.256. The number of aryl methyl sites for hydroxylation is 1. The topological polar surface area (TPSA) is 0 Å². The van der Waals surface area contributed by atoms with Crippen molar-refractivity contribution >= 4 is 8.78 Å². The monoisotopic (exact) mass is 597 g/mol. The van der Waals surface area contributed by atoms with Crippen molar-refractivity contribution in [1.29, 1.82) is 0 Å². The Morgan fingerprint density at radius 3 is 2.02 bits per heavy atom. The van der Waals surface area contributed by atoms with E-state index in [-0.39, 0.29) is 0 Å². The van der Waals surface area contributed by atoms with Crippen LogP contribution >= 0.6 is 0 Å². The molecule has 0 aromatic heterocycles. The van der Waals surface area contributed by atoms with Gasteiger partial charge in [-0.2, -0.15) is 0 Å². The number of benzene rings is 4. The first kappa shape index (κ1) is 27.3. The van der Waals surface area contributed by atoms with E-state index in [1.165, 1.54) is 47.1 Å². The van der Waals surface area contributed by atoms with Crippen molar-refractivity contribution in [3.8, 4) is 11.1 Å². The zero-order chi connectivity index (χ0) is 27.6. The molecule has 6 rings (SSSR count). The van der Waals surface area contributed by atoms with Crippen LogP contribution in [0.25, 0.3) is 16.7 Å². The molecule has 199 valence electrons. The molecule has 0 saturated heterocycles. The van der Waals surface area contributed by atoms with E-state index in [1.807, 2.05) is 0 Å². The molecule has 4 aromatic carbocycles. The molecule has 0 amide bonds. The number of hydrogen-bond acceptors (Lipinski definition) is 0. The molecule has 0 heterocycles. The summed E-state index contributed by atoms with van der Waals surface area (Å²) in [5.74, 6) is 0. The van der Waals surface area contributed by atoms with Gasteiger partial charge in [-0.05, 0) is 0 Å². The molecule has 0 saturated carbocycles. The Morgan fingerprint density at radius 2 is 1.43 bits per heavy atom. The van der Waals surface area contributed by atoms with Crippen molar-refractivity contribution in [2.45, 2.75) is 63.4 Å². The van der Waals surface area contributed by atoms with Crippen LogP contribution in [0.4, 0.5) is 0 Å². The third kappa shape index (κ3) is 4.92. The van der Waals surface area contributed by atoms with Gasteiger partial charge in [0.05, 0.1) is 0 Å². The van der Waals surface area contributed by atoms with E-state index in [2.05, 4.69) is 125 Å². The molecular formula is C39H39Zr. The summed E-state index contributed by atoms with van der Waals surface area (Å²) in [4.78, 5) is 0. The third-order valence-corrected chi connectivity index (χ3v) is 12.9. The first-order valence-corrected chi connectivity index (χ1v) is 17.7. The molecule has 0 N–H and O–H groups in total. The van der Waals surface area contributed by atoms with E-state index in [0.717, 1.165) is 12.8 Å². The van der Waals surface area contributed by atoms with Crippen LogP contribution in [0.15, 0.2) is 97.1 Å². The van der Waals surface area contributed by atoms with Crippen LogP contribution in [0.1, 0.15) is 86.8 Å². The van der Waals surface area contributed by atoms with Gasteiger partial charge in [-0.25, -0.2) is 0 Å². The van der Waals surface area contributed by atoms with Crippen LogP contribution < -0.4 is 0 Å². The van der Waals surface area contributed by atoms with Crippen LogP contribution in [-0.4, -0.2) is 3.21 Å². The summed E-state index contributed by atoms with van der Waals surface area (Å²) in [6, 6.07) is 29.8. The van der Waals surface area contributed by atoms with Crippen LogP contribution in [0.3, 0.4) is 0 Å². The zero-order valence-corrected chi connectivity index (χ0v) is 26.8. The van der Waals surface area contributed by atoms with E-state index in [1.54, 1.807) is 42.2 Å². The number of hydrogen-bond donors (Lipinski definition) is 0. The Morgan fingerprint density at radius 1 is 0.775 bits per heavy atom. The second-order valence-electron chi connectivity index (χ2n) is 11.3. The van der Waals surface area contributed by atoms with Crippen LogP contribution in [0.2, 0.25) is 0 Å². The Labute approximate surface area is 251 Å². The summed E-state index contributed by atoms with van der Waals surface area (Å²) in [5, 5.41) is 0. The summed E-state index contributed by atoms with van der Waals surface area (Å²) < 4.78 is 2.09. The van der Waals surface area contributed by atoms with Gasteiger partial charge in [-0.3, -0.25) is 0 Å². The minimum absolute atomic E-state index is 0.491. The molecule has 0 aliphatic heterocycles. The van der Waals surface area contributed by atoms with Crippen molar-refractivity contribution in [3.63, 3.8) is 0 Å². The molecule has 1 unspecified atom stereocenters. The second-order valence-corrected chi connectivity index (χ2v) is 14.7. The fourth-order valence-electron chi connectivity index (χ4n) is 6.92. The molecule has 2 aliphatic rings. The van der Waals surface area contributed by atoms with Gasteiger partial charge >= 0.3 is 253 Å². The van der Waals surface area contributed by atoms with Gasteiger partial charge in [-0.1, -0.05) is 0 Å². The predicted molar refractivity (Wildman–Crippen MR) is 169 cm³/mol. The summed E-state index contributed by atoms with van der Waals surface area (Å²) in [7, 11) is 0. The maximum atomic E-state index is 2.53. The van der Waals surface area contributed by atoms with E-state index in [4.69, 9.17) is 0 Å². The first-order valence-electron chi connectivity index (χ1n) is 15.0. The van der Waals surface area contributed by atoms with E-state index >= 15 is 0 Å². The minimum atomic E-state index is -1.17. The number of rotatable bonds is 8. The summed E-state index contributed by atoms with van der Waals surface area (Å²) >= 11 is -1.17. The van der Waals surface area contributed by atoms with Gasteiger partial charge in [0.15, 0.2) is 0 Å². The molecule has 1 heteroatoms. The fourth-order valence-corrected chi connectivity index (χ4v) is 11.3. The van der Waals surface area contributed by atoms with Crippen LogP contribution in [0, 0.1) is 13.8 Å². The van der Waals surface area contributed by atoms with Crippen LogP contribution in [-0.2, 0) is 35.6 Å². The standard InChI is InChI=1S/C26H29.C13H10.Zr/c1-5-9-21-18(4)25(19-11-7-8-12-19)24-16-20-15-17(3)13-14-22(20)26(24)23(21)10-6-2;1-3-7-12(8-4-1)11-13-9-5-2-6-10-13;/h7-8,11,13-16H,5-6,9-10,12H2,1-4H3;1-10H;. The molecule has 2 aliphatic carbocycles. The quantitative estimate of drug-likeness (QED) is 0.189. The number of fused-ring (bicyclic) bond motifs is 3. The Balaban J connectivity index is 1.72. The van der Waals surface area contributed by atoms with Crippen molar-refractivity contribution in [1.82, 2.24) is 0 Å². The predicted octanol–water partition coefficient (Wildman–Crippen LogP) is 9.97. The molecule has 1 atom stereocenters. The molecule has 0 spiro atoms. The Kier molecular flexibility index (Phi) is 8.13. The molecule has 0 fully saturated rings. The van der Waals surface area contributed by atoms with Crippen molar-refractivity contribution in [2.75, 3.05) is 0 Å². The maximum absolute atomic E-state index is 2.53. The zero-order valence-electron chi connectivity index (χ0n) is 24.4. The average molecular weight is 599 g/mol. The second kappa shape index (κ2) is 11.9. The van der Waals surface area contributed by atoms with Gasteiger partial charge in [-0.15, -0.1) is 0 Å². The van der Waals surface area contributed by atoms with Crippen molar-refractivity contribution in [2.24, 2.45) is 0 Å². The Bertz CT molecular complexity index is 1590. The summed E-state index contributed by atoms with van der Waals surface area (Å²) in [5.41, 5.74) is 18.4. The number of allylic oxidation sites excluding steroid dienone is 4. The molecular weight excluding hydrogens is 560 g/mol. The van der Waals surface area contributed by atoms with Crippen molar-refractivity contribution < 1.29 is 22.8 Å². The normalized spacial score (nSPS) is 15.0. The molecule has 40 heavy (non-hydrogen) atoms. The average Bonchev–Trinajstić information content (AvgIpc) is 3.61. The van der Waals surface area contributed by atoms with Gasteiger partial charge in [0, 0.05) is 0 Å². The SMILES string of the molecule is CCCc1c(C)c(C2=CC=CC2)c2c(c1CCC)-c1ccc(C)cc1[CH]2[Zr]=[C](c1ccccc1)c1ccccc1. The van der Waals surface area contributed by atoms with E-state index < -0.39 is 22.8 Å². The molecule has 0 nitrogen and oxygen atoms in total. The van der Waals surface area contributed by atoms with Gasteiger partial charge in [0.1, 0.15) is 0 Å². The van der Waals surface area contributed by atoms with E-state index in [9.17, 15) is 0 Å². The van der Waals surface area contributed by atoms with Gasteiger partial charge < -0.3 is 0 Å². The van der Waals surface area contributed by atoms with Gasteiger partial charge in [0.25, 0.3) is 0 Å². The van der Waals surface area contributed by atoms with Crippen molar-refractivity contribution in [3.05, 3.63) is 147 Å². The Hall–Kier alpha value is -2.89. The summed E-state index contributed by atoms with van der Waals surface area (Å²) in [6.07, 6.45) is 12.8. The van der Waals surface area contributed by atoms with E-state index in [0.29, 0.717) is 3.63 Å². The first-order chi connectivity index (χ1) is 19.6. The van der Waals surface area contributed by atoms with Gasteiger partial charge in [0.2, 0.25) is 0 Å². The third-order valence-electron chi connectivity index (χ3n) is 8.61. The molecule has 0 radical (unpaired) electrons. The molecule has 0 bridgehead atoms. The summed E-state index contributed by atoms with van der Waals surface area (Å²) in [6.45, 7) is 9.41. The van der Waals surface area contributed by atoms with Crippen LogP contribution in [0.5, 0.6) is 0 Å².